The first kappa shape index (κ1) is 9.97. The second kappa shape index (κ2) is 3.67. The molecule has 17 heavy (non-hydrogen) atoms. The number of nitrogens with one attached hydrogen (secondary N) is 1. The molecule has 0 aliphatic rings. The van der Waals surface area contributed by atoms with Crippen molar-refractivity contribution < 1.29 is 0 Å². The molecule has 0 bridgehead atoms. The number of aromatic nitrogens is 1. The van der Waals surface area contributed by atoms with Crippen LogP contribution in [-0.2, 0) is 0 Å². The molecule has 1 aromatic heterocycles. The van der Waals surface area contributed by atoms with Crippen LogP contribution in [0.2, 0.25) is 0 Å². The Hall–Kier alpha value is -2.22. The summed E-state index contributed by atoms with van der Waals surface area (Å²) in [7, 11) is 0. The Kier molecular flexibility index (Phi) is 2.15. The van der Waals surface area contributed by atoms with E-state index < -0.39 is 0 Å². The summed E-state index contributed by atoms with van der Waals surface area (Å²) >= 11 is 0. The molecule has 0 unspecified atom stereocenters. The third-order valence-corrected chi connectivity index (χ3v) is 3.10. The maximum atomic E-state index is 5.69. The summed E-state index contributed by atoms with van der Waals surface area (Å²) in [6.45, 7) is 2.13. The quantitative estimate of drug-likeness (QED) is 0.605. The van der Waals surface area contributed by atoms with Crippen LogP contribution in [0.4, 0.5) is 5.69 Å². The summed E-state index contributed by atoms with van der Waals surface area (Å²) < 4.78 is 0. The summed E-state index contributed by atoms with van der Waals surface area (Å²) in [4.78, 5) is 3.43. The van der Waals surface area contributed by atoms with Gasteiger partial charge in [0.1, 0.15) is 0 Å². The van der Waals surface area contributed by atoms with Crippen molar-refractivity contribution >= 4 is 16.6 Å². The van der Waals surface area contributed by atoms with E-state index in [4.69, 9.17) is 5.73 Å². The molecule has 0 aliphatic heterocycles. The number of nitrogens with two attached hydrogens (primary N) is 1. The molecule has 2 heteroatoms. The number of H-pyrrole nitrogens is 1. The van der Waals surface area contributed by atoms with Crippen molar-refractivity contribution in [3.05, 3.63) is 54.1 Å². The van der Waals surface area contributed by atoms with Crippen molar-refractivity contribution in [1.29, 1.82) is 0 Å². The fourth-order valence-corrected chi connectivity index (χ4v) is 2.12. The van der Waals surface area contributed by atoms with E-state index in [1.807, 2.05) is 24.3 Å². The minimum absolute atomic E-state index is 0.793. The van der Waals surface area contributed by atoms with Gasteiger partial charge >= 0.3 is 0 Å². The lowest BCUT2D eigenvalue weighted by atomic mass is 10.1. The van der Waals surface area contributed by atoms with Gasteiger partial charge < -0.3 is 10.7 Å². The van der Waals surface area contributed by atoms with E-state index in [0.29, 0.717) is 0 Å². The highest BCUT2D eigenvalue weighted by molar-refractivity contribution is 5.88. The van der Waals surface area contributed by atoms with Crippen LogP contribution >= 0.6 is 0 Å². The first-order valence-electron chi connectivity index (χ1n) is 5.68. The number of aromatic amines is 1. The van der Waals surface area contributed by atoms with E-state index in [2.05, 4.69) is 36.2 Å². The second-order valence-corrected chi connectivity index (χ2v) is 4.34. The zero-order valence-corrected chi connectivity index (χ0v) is 9.70. The summed E-state index contributed by atoms with van der Waals surface area (Å²) in [5, 5.41) is 1.28. The number of nitrogen functional groups attached to an aromatic ring is 1. The minimum atomic E-state index is 0.793. The summed E-state index contributed by atoms with van der Waals surface area (Å²) in [6, 6.07) is 16.4. The Labute approximate surface area is 100 Å². The monoisotopic (exact) mass is 222 g/mol. The molecule has 3 N–H and O–H groups in total. The topological polar surface area (TPSA) is 41.8 Å². The van der Waals surface area contributed by atoms with E-state index in [0.717, 1.165) is 16.9 Å². The van der Waals surface area contributed by atoms with Crippen LogP contribution in [-0.4, -0.2) is 4.98 Å². The summed E-state index contributed by atoms with van der Waals surface area (Å²) in [6.07, 6.45) is 0. The SMILES string of the molecule is Cc1cccc2[nH]c(-c3ccc(N)cc3)cc12. The molecule has 0 radical (unpaired) electrons. The zero-order valence-electron chi connectivity index (χ0n) is 9.70. The van der Waals surface area contributed by atoms with Gasteiger partial charge in [-0.2, -0.15) is 0 Å². The molecule has 0 aliphatic carbocycles. The van der Waals surface area contributed by atoms with E-state index in [9.17, 15) is 0 Å². The van der Waals surface area contributed by atoms with Crippen molar-refractivity contribution in [2.45, 2.75) is 6.92 Å². The molecule has 3 aromatic rings. The fraction of sp³-hybridized carbons (Fsp3) is 0.0667. The summed E-state index contributed by atoms with van der Waals surface area (Å²) in [5.74, 6) is 0. The van der Waals surface area contributed by atoms with E-state index in [1.54, 1.807) is 0 Å². The van der Waals surface area contributed by atoms with Crippen molar-refractivity contribution in [3.8, 4) is 11.3 Å². The maximum absolute atomic E-state index is 5.69. The van der Waals surface area contributed by atoms with Crippen LogP contribution in [0.3, 0.4) is 0 Å². The number of benzene rings is 2. The smallest absolute Gasteiger partial charge is 0.0464 e. The van der Waals surface area contributed by atoms with Gasteiger partial charge in [0.2, 0.25) is 0 Å². The number of anilines is 1. The van der Waals surface area contributed by atoms with Crippen LogP contribution in [0.5, 0.6) is 0 Å². The van der Waals surface area contributed by atoms with Gasteiger partial charge in [-0.05, 0) is 42.3 Å². The highest BCUT2D eigenvalue weighted by Crippen LogP contribution is 2.26. The minimum Gasteiger partial charge on any atom is -0.399 e. The molecular weight excluding hydrogens is 208 g/mol. The molecule has 0 amide bonds. The van der Waals surface area contributed by atoms with Gasteiger partial charge in [-0.25, -0.2) is 0 Å². The predicted octanol–water partition coefficient (Wildman–Crippen LogP) is 3.73. The molecule has 3 rings (SSSR count). The number of aryl methyl sites for hydroxylation is 1. The largest absolute Gasteiger partial charge is 0.399 e. The lowest BCUT2D eigenvalue weighted by Crippen LogP contribution is -1.83. The maximum Gasteiger partial charge on any atom is 0.0464 e. The average Bonchev–Trinajstić information content (AvgIpc) is 2.75. The molecule has 84 valence electrons. The molecule has 2 nitrogen and oxygen atoms in total. The van der Waals surface area contributed by atoms with Crippen molar-refractivity contribution in [3.63, 3.8) is 0 Å². The van der Waals surface area contributed by atoms with E-state index >= 15 is 0 Å². The van der Waals surface area contributed by atoms with Gasteiger partial charge in [-0.15, -0.1) is 0 Å². The average molecular weight is 222 g/mol. The van der Waals surface area contributed by atoms with Crippen molar-refractivity contribution in [2.24, 2.45) is 0 Å². The van der Waals surface area contributed by atoms with Crippen LogP contribution in [0.15, 0.2) is 48.5 Å². The molecule has 2 aromatic carbocycles. The Balaban J connectivity index is 2.18. The highest BCUT2D eigenvalue weighted by atomic mass is 14.7. The van der Waals surface area contributed by atoms with E-state index in [-0.39, 0.29) is 0 Å². The van der Waals surface area contributed by atoms with Gasteiger partial charge in [0.15, 0.2) is 0 Å². The summed E-state index contributed by atoms with van der Waals surface area (Å²) in [5.41, 5.74) is 11.3. The van der Waals surface area contributed by atoms with E-state index in [1.165, 1.54) is 16.5 Å². The number of hydrogen-bond acceptors (Lipinski definition) is 1. The van der Waals surface area contributed by atoms with Crippen LogP contribution in [0, 0.1) is 6.92 Å². The third kappa shape index (κ3) is 1.68. The van der Waals surface area contributed by atoms with Crippen LogP contribution in [0.1, 0.15) is 5.56 Å². The Morgan fingerprint density at radius 3 is 2.47 bits per heavy atom. The van der Waals surface area contributed by atoms with Gasteiger partial charge in [0.05, 0.1) is 0 Å². The lowest BCUT2D eigenvalue weighted by molar-refractivity contribution is 1.45. The molecule has 0 atom stereocenters. The molecule has 1 heterocycles. The lowest BCUT2D eigenvalue weighted by Gasteiger charge is -1.97. The van der Waals surface area contributed by atoms with Crippen molar-refractivity contribution in [1.82, 2.24) is 4.98 Å². The van der Waals surface area contributed by atoms with Crippen LogP contribution in [0.25, 0.3) is 22.2 Å². The number of fused-ring (bicyclic) bond motifs is 1. The number of hydrogen-bond donors (Lipinski definition) is 2. The molecule has 0 fully saturated rings. The van der Waals surface area contributed by atoms with Crippen molar-refractivity contribution in [2.75, 3.05) is 5.73 Å². The van der Waals surface area contributed by atoms with Gasteiger partial charge in [0, 0.05) is 22.3 Å². The Bertz CT molecular complexity index is 663. The normalized spacial score (nSPS) is 10.9. The number of rotatable bonds is 1. The fourth-order valence-electron chi connectivity index (χ4n) is 2.12. The van der Waals surface area contributed by atoms with Gasteiger partial charge in [0.25, 0.3) is 0 Å². The first-order valence-corrected chi connectivity index (χ1v) is 5.68. The molecular formula is C15H14N2. The zero-order chi connectivity index (χ0) is 11.8. The van der Waals surface area contributed by atoms with Crippen LogP contribution < -0.4 is 5.73 Å². The molecule has 0 saturated heterocycles. The molecule has 0 spiro atoms. The second-order valence-electron chi connectivity index (χ2n) is 4.34. The molecule has 0 saturated carbocycles. The third-order valence-electron chi connectivity index (χ3n) is 3.10. The highest BCUT2D eigenvalue weighted by Gasteiger charge is 2.04. The Morgan fingerprint density at radius 1 is 1.00 bits per heavy atom. The van der Waals surface area contributed by atoms with Gasteiger partial charge in [-0.3, -0.25) is 0 Å². The standard InChI is InChI=1S/C15H14N2/c1-10-3-2-4-14-13(10)9-15(17-14)11-5-7-12(16)8-6-11/h2-9,17H,16H2,1H3. The Morgan fingerprint density at radius 2 is 1.76 bits per heavy atom. The van der Waals surface area contributed by atoms with Gasteiger partial charge in [-0.1, -0.05) is 24.3 Å². The predicted molar refractivity (Wildman–Crippen MR) is 72.9 cm³/mol. The first-order chi connectivity index (χ1) is 8.24.